The van der Waals surface area contributed by atoms with Crippen LogP contribution in [0.3, 0.4) is 0 Å². The summed E-state index contributed by atoms with van der Waals surface area (Å²) in [6.45, 7) is 0.907. The van der Waals surface area contributed by atoms with E-state index in [-0.39, 0.29) is 17.8 Å². The van der Waals surface area contributed by atoms with E-state index < -0.39 is 5.97 Å². The molecule has 0 aliphatic carbocycles. The maximum absolute atomic E-state index is 10.3. The zero-order valence-corrected chi connectivity index (χ0v) is 6.97. The molecule has 2 atom stereocenters. The summed E-state index contributed by atoms with van der Waals surface area (Å²) in [7, 11) is 0. The summed E-state index contributed by atoms with van der Waals surface area (Å²) < 4.78 is 0. The van der Waals surface area contributed by atoms with E-state index >= 15 is 0 Å². The van der Waals surface area contributed by atoms with Gasteiger partial charge in [-0.15, -0.1) is 11.6 Å². The highest BCUT2D eigenvalue weighted by atomic mass is 35.5. The van der Waals surface area contributed by atoms with Gasteiger partial charge in [0.05, 0.1) is 11.9 Å². The lowest BCUT2D eigenvalue weighted by Crippen LogP contribution is -2.38. The molecule has 0 radical (unpaired) electrons. The number of carboxylic acid groups (broad SMARTS) is 1. The van der Waals surface area contributed by atoms with Gasteiger partial charge in [0.2, 0.25) is 0 Å². The summed E-state index contributed by atoms with van der Waals surface area (Å²) in [5.41, 5.74) is -0.153. The van der Waals surface area contributed by atoms with Gasteiger partial charge in [0, 0.05) is 0 Å². The SMILES string of the molecule is O=C(O)CC1CCCNC1Cl. The second-order valence-corrected chi connectivity index (χ2v) is 3.33. The van der Waals surface area contributed by atoms with Crippen molar-refractivity contribution in [3.8, 4) is 0 Å². The summed E-state index contributed by atoms with van der Waals surface area (Å²) in [6.07, 6.45) is 2.13. The Kier molecular flexibility index (Phi) is 3.15. The molecule has 1 fully saturated rings. The fourth-order valence-corrected chi connectivity index (χ4v) is 1.67. The van der Waals surface area contributed by atoms with E-state index in [4.69, 9.17) is 16.7 Å². The molecule has 0 spiro atoms. The van der Waals surface area contributed by atoms with Crippen LogP contribution in [0.1, 0.15) is 19.3 Å². The normalized spacial score (nSPS) is 31.7. The molecule has 1 aliphatic heterocycles. The second-order valence-electron chi connectivity index (χ2n) is 2.86. The number of nitrogens with one attached hydrogen (secondary N) is 1. The highest BCUT2D eigenvalue weighted by Gasteiger charge is 2.24. The van der Waals surface area contributed by atoms with Crippen molar-refractivity contribution in [2.24, 2.45) is 5.92 Å². The summed E-state index contributed by atoms with van der Waals surface area (Å²) in [4.78, 5) is 10.3. The summed E-state index contributed by atoms with van der Waals surface area (Å²) >= 11 is 5.85. The van der Waals surface area contributed by atoms with Crippen molar-refractivity contribution in [2.75, 3.05) is 6.54 Å². The summed E-state index contributed by atoms with van der Waals surface area (Å²) in [5.74, 6) is -0.660. The first kappa shape index (κ1) is 8.81. The Morgan fingerprint density at radius 3 is 3.00 bits per heavy atom. The molecule has 0 amide bonds. The third-order valence-electron chi connectivity index (χ3n) is 1.94. The third-order valence-corrected chi connectivity index (χ3v) is 2.45. The number of hydrogen-bond donors (Lipinski definition) is 2. The van der Waals surface area contributed by atoms with Crippen molar-refractivity contribution >= 4 is 17.6 Å². The standard InChI is InChI=1S/C7H12ClNO2/c8-7-5(4-6(10)11)2-1-3-9-7/h5,7,9H,1-4H2,(H,10,11). The topological polar surface area (TPSA) is 49.3 Å². The van der Waals surface area contributed by atoms with E-state index in [0.29, 0.717) is 0 Å². The van der Waals surface area contributed by atoms with E-state index in [0.717, 1.165) is 19.4 Å². The number of rotatable bonds is 2. The van der Waals surface area contributed by atoms with Gasteiger partial charge in [-0.2, -0.15) is 0 Å². The van der Waals surface area contributed by atoms with Crippen LogP contribution in [0.25, 0.3) is 0 Å². The van der Waals surface area contributed by atoms with Crippen molar-refractivity contribution in [1.82, 2.24) is 5.32 Å². The minimum atomic E-state index is -0.760. The van der Waals surface area contributed by atoms with Gasteiger partial charge in [0.15, 0.2) is 0 Å². The minimum Gasteiger partial charge on any atom is -0.481 e. The monoisotopic (exact) mass is 177 g/mol. The molecule has 1 heterocycles. The molecular formula is C7H12ClNO2. The first-order valence-electron chi connectivity index (χ1n) is 3.79. The first-order valence-corrected chi connectivity index (χ1v) is 4.23. The molecule has 2 N–H and O–H groups in total. The van der Waals surface area contributed by atoms with Crippen LogP contribution in [0, 0.1) is 5.92 Å². The molecule has 1 rings (SSSR count). The Morgan fingerprint density at radius 1 is 1.73 bits per heavy atom. The van der Waals surface area contributed by atoms with Crippen LogP contribution in [0.15, 0.2) is 0 Å². The van der Waals surface area contributed by atoms with Crippen LogP contribution >= 0.6 is 11.6 Å². The largest absolute Gasteiger partial charge is 0.481 e. The molecule has 0 aromatic heterocycles. The number of halogens is 1. The highest BCUT2D eigenvalue weighted by Crippen LogP contribution is 2.22. The highest BCUT2D eigenvalue weighted by molar-refractivity contribution is 6.20. The van der Waals surface area contributed by atoms with Gasteiger partial charge in [0.1, 0.15) is 0 Å². The van der Waals surface area contributed by atoms with Gasteiger partial charge < -0.3 is 10.4 Å². The molecule has 0 saturated carbocycles. The number of hydrogen-bond acceptors (Lipinski definition) is 2. The lowest BCUT2D eigenvalue weighted by atomic mass is 9.96. The molecule has 2 unspecified atom stereocenters. The van der Waals surface area contributed by atoms with Gasteiger partial charge in [0.25, 0.3) is 0 Å². The van der Waals surface area contributed by atoms with Crippen LogP contribution in [0.4, 0.5) is 0 Å². The van der Waals surface area contributed by atoms with Gasteiger partial charge in [-0.25, -0.2) is 0 Å². The second kappa shape index (κ2) is 3.93. The Hall–Kier alpha value is -0.280. The molecule has 1 aliphatic rings. The van der Waals surface area contributed by atoms with E-state index in [2.05, 4.69) is 5.32 Å². The van der Waals surface area contributed by atoms with Crippen molar-refractivity contribution in [3.63, 3.8) is 0 Å². The van der Waals surface area contributed by atoms with Gasteiger partial charge in [-0.1, -0.05) is 0 Å². The number of piperidine rings is 1. The Bertz CT molecular complexity index is 151. The van der Waals surface area contributed by atoms with E-state index in [9.17, 15) is 4.79 Å². The molecule has 0 aromatic carbocycles. The minimum absolute atomic E-state index is 0.0999. The summed E-state index contributed by atoms with van der Waals surface area (Å²) in [6, 6.07) is 0. The molecule has 0 aromatic rings. The number of carbonyl (C=O) groups is 1. The zero-order valence-electron chi connectivity index (χ0n) is 6.22. The van der Waals surface area contributed by atoms with Crippen LogP contribution in [-0.4, -0.2) is 23.1 Å². The van der Waals surface area contributed by atoms with Gasteiger partial charge in [-0.05, 0) is 25.3 Å². The Labute approximate surface area is 70.7 Å². The quantitative estimate of drug-likeness (QED) is 0.489. The number of carboxylic acids is 1. The number of alkyl halides is 1. The first-order chi connectivity index (χ1) is 5.20. The maximum atomic E-state index is 10.3. The van der Waals surface area contributed by atoms with Crippen molar-refractivity contribution in [3.05, 3.63) is 0 Å². The Balaban J connectivity index is 2.35. The van der Waals surface area contributed by atoms with Crippen LogP contribution in [0.5, 0.6) is 0 Å². The predicted octanol–water partition coefficient (Wildman–Crippen LogP) is 1.03. The lowest BCUT2D eigenvalue weighted by Gasteiger charge is -2.26. The lowest BCUT2D eigenvalue weighted by molar-refractivity contribution is -0.138. The molecule has 1 saturated heterocycles. The van der Waals surface area contributed by atoms with Crippen LogP contribution in [0.2, 0.25) is 0 Å². The van der Waals surface area contributed by atoms with Crippen molar-refractivity contribution in [1.29, 1.82) is 0 Å². The fraction of sp³-hybridized carbons (Fsp3) is 0.857. The van der Waals surface area contributed by atoms with Gasteiger partial charge >= 0.3 is 5.97 Å². The molecule has 3 nitrogen and oxygen atoms in total. The number of aliphatic carboxylic acids is 1. The third kappa shape index (κ3) is 2.67. The smallest absolute Gasteiger partial charge is 0.303 e. The van der Waals surface area contributed by atoms with Crippen LogP contribution < -0.4 is 5.32 Å². The predicted molar refractivity (Wildman–Crippen MR) is 42.6 cm³/mol. The molecular weight excluding hydrogens is 166 g/mol. The average molecular weight is 178 g/mol. The molecule has 64 valence electrons. The maximum Gasteiger partial charge on any atom is 0.303 e. The van der Waals surface area contributed by atoms with E-state index in [1.807, 2.05) is 0 Å². The Morgan fingerprint density at radius 2 is 2.45 bits per heavy atom. The fourth-order valence-electron chi connectivity index (χ4n) is 1.35. The van der Waals surface area contributed by atoms with Crippen molar-refractivity contribution in [2.45, 2.75) is 24.8 Å². The molecule has 0 bridgehead atoms. The van der Waals surface area contributed by atoms with Crippen molar-refractivity contribution < 1.29 is 9.90 Å². The zero-order chi connectivity index (χ0) is 8.27. The van der Waals surface area contributed by atoms with E-state index in [1.54, 1.807) is 0 Å². The summed E-state index contributed by atoms with van der Waals surface area (Å²) in [5, 5.41) is 11.5. The molecule has 4 heteroatoms. The van der Waals surface area contributed by atoms with E-state index in [1.165, 1.54) is 0 Å². The van der Waals surface area contributed by atoms with Gasteiger partial charge in [-0.3, -0.25) is 4.79 Å². The van der Waals surface area contributed by atoms with Crippen LogP contribution in [-0.2, 0) is 4.79 Å². The molecule has 11 heavy (non-hydrogen) atoms. The average Bonchev–Trinajstić information content (AvgIpc) is 1.93.